The highest BCUT2D eigenvalue weighted by molar-refractivity contribution is 6.35. The van der Waals surface area contributed by atoms with Crippen LogP contribution in [-0.2, 0) is 9.59 Å². The third-order valence-electron chi connectivity index (χ3n) is 2.30. The molecule has 0 saturated heterocycles. The Labute approximate surface area is 95.0 Å². The average Bonchev–Trinajstić information content (AvgIpc) is 2.32. The van der Waals surface area contributed by atoms with Crippen LogP contribution in [0.1, 0.15) is 26.7 Å². The molecule has 0 spiro atoms. The van der Waals surface area contributed by atoms with E-state index in [2.05, 4.69) is 10.6 Å². The van der Waals surface area contributed by atoms with Crippen LogP contribution in [0.25, 0.3) is 0 Å². The first-order valence-corrected chi connectivity index (χ1v) is 5.42. The molecule has 0 bridgehead atoms. The number of carbonyl (C=O) groups excluding carboxylic acids is 2. The van der Waals surface area contributed by atoms with E-state index in [1.807, 2.05) is 0 Å². The van der Waals surface area contributed by atoms with Crippen LogP contribution in [0.4, 0.5) is 0 Å². The first-order valence-electron chi connectivity index (χ1n) is 5.42. The maximum atomic E-state index is 11.3. The molecule has 0 aliphatic heterocycles. The van der Waals surface area contributed by atoms with Crippen molar-refractivity contribution in [3.8, 4) is 0 Å². The van der Waals surface area contributed by atoms with Crippen LogP contribution in [0.2, 0.25) is 0 Å². The number of aliphatic hydroxyl groups is 2. The SMILES string of the molecule is CC[C@H](CO)NC(=O)C(=O)N[C@@H](CC)CO. The molecule has 0 fully saturated rings. The first kappa shape index (κ1) is 14.9. The van der Waals surface area contributed by atoms with E-state index in [9.17, 15) is 9.59 Å². The fraction of sp³-hybridized carbons (Fsp3) is 0.800. The van der Waals surface area contributed by atoms with E-state index in [0.717, 1.165) is 0 Å². The number of hydrogen-bond donors (Lipinski definition) is 4. The molecule has 6 nitrogen and oxygen atoms in total. The Hall–Kier alpha value is -1.14. The van der Waals surface area contributed by atoms with E-state index < -0.39 is 23.9 Å². The molecule has 0 unspecified atom stereocenters. The van der Waals surface area contributed by atoms with Crippen molar-refractivity contribution in [2.45, 2.75) is 38.8 Å². The second kappa shape index (κ2) is 8.06. The number of rotatable bonds is 6. The van der Waals surface area contributed by atoms with E-state index in [1.54, 1.807) is 13.8 Å². The van der Waals surface area contributed by atoms with Crippen molar-refractivity contribution in [3.63, 3.8) is 0 Å². The van der Waals surface area contributed by atoms with Crippen LogP contribution >= 0.6 is 0 Å². The van der Waals surface area contributed by atoms with Crippen LogP contribution in [0, 0.1) is 0 Å². The predicted molar refractivity (Wildman–Crippen MR) is 58.6 cm³/mol. The van der Waals surface area contributed by atoms with E-state index in [0.29, 0.717) is 12.8 Å². The summed E-state index contributed by atoms with van der Waals surface area (Å²) in [5, 5.41) is 22.5. The third-order valence-corrected chi connectivity index (χ3v) is 2.30. The van der Waals surface area contributed by atoms with Crippen LogP contribution < -0.4 is 10.6 Å². The van der Waals surface area contributed by atoms with Gasteiger partial charge in [0.05, 0.1) is 25.3 Å². The summed E-state index contributed by atoms with van der Waals surface area (Å²) in [6.07, 6.45) is 1.10. The Morgan fingerprint density at radius 2 is 1.25 bits per heavy atom. The zero-order chi connectivity index (χ0) is 12.6. The Balaban J connectivity index is 4.12. The van der Waals surface area contributed by atoms with Crippen molar-refractivity contribution in [1.29, 1.82) is 0 Å². The van der Waals surface area contributed by atoms with Crippen LogP contribution in [0.3, 0.4) is 0 Å². The van der Waals surface area contributed by atoms with Crippen LogP contribution in [0.15, 0.2) is 0 Å². The van der Waals surface area contributed by atoms with Gasteiger partial charge in [0.1, 0.15) is 0 Å². The number of carbonyl (C=O) groups is 2. The monoisotopic (exact) mass is 232 g/mol. The topological polar surface area (TPSA) is 98.7 Å². The Bertz CT molecular complexity index is 201. The van der Waals surface area contributed by atoms with Crippen molar-refractivity contribution in [2.24, 2.45) is 0 Å². The minimum absolute atomic E-state index is 0.202. The normalized spacial score (nSPS) is 14.0. The Kier molecular flexibility index (Phi) is 7.49. The van der Waals surface area contributed by atoms with Gasteiger partial charge in [0.15, 0.2) is 0 Å². The lowest BCUT2D eigenvalue weighted by Crippen LogP contribution is -2.49. The number of aliphatic hydroxyl groups excluding tert-OH is 2. The van der Waals surface area contributed by atoms with Crippen molar-refractivity contribution in [1.82, 2.24) is 10.6 Å². The molecule has 0 aromatic rings. The van der Waals surface area contributed by atoms with Crippen molar-refractivity contribution in [3.05, 3.63) is 0 Å². The predicted octanol–water partition coefficient (Wildman–Crippen LogP) is -1.24. The molecule has 0 aromatic carbocycles. The molecule has 0 rings (SSSR count). The lowest BCUT2D eigenvalue weighted by molar-refractivity contribution is -0.140. The zero-order valence-electron chi connectivity index (χ0n) is 9.69. The van der Waals surface area contributed by atoms with Gasteiger partial charge >= 0.3 is 11.8 Å². The lowest BCUT2D eigenvalue weighted by atomic mass is 10.2. The number of hydrogen-bond acceptors (Lipinski definition) is 4. The molecule has 0 aliphatic carbocycles. The summed E-state index contributed by atoms with van der Waals surface area (Å²) >= 11 is 0. The summed E-state index contributed by atoms with van der Waals surface area (Å²) < 4.78 is 0. The maximum Gasteiger partial charge on any atom is 0.309 e. The molecular weight excluding hydrogens is 212 g/mol. The van der Waals surface area contributed by atoms with Gasteiger partial charge in [-0.3, -0.25) is 9.59 Å². The van der Waals surface area contributed by atoms with E-state index in [1.165, 1.54) is 0 Å². The molecule has 0 aliphatic rings. The summed E-state index contributed by atoms with van der Waals surface area (Å²) in [7, 11) is 0. The molecule has 0 aromatic heterocycles. The number of amides is 2. The standard InChI is InChI=1S/C10H20N2O4/c1-3-7(5-13)11-9(15)10(16)12-8(4-2)6-14/h7-8,13-14H,3-6H2,1-2H3,(H,11,15)(H,12,16)/t7-,8+. The fourth-order valence-electron chi connectivity index (χ4n) is 1.06. The quantitative estimate of drug-likeness (QED) is 0.430. The molecule has 0 saturated carbocycles. The van der Waals surface area contributed by atoms with Crippen molar-refractivity contribution >= 4 is 11.8 Å². The summed E-state index contributed by atoms with van der Waals surface area (Å²) in [4.78, 5) is 22.6. The highest BCUT2D eigenvalue weighted by atomic mass is 16.3. The van der Waals surface area contributed by atoms with Gasteiger partial charge in [-0.15, -0.1) is 0 Å². The molecule has 0 heterocycles. The molecule has 94 valence electrons. The summed E-state index contributed by atoms with van der Waals surface area (Å²) in [5.74, 6) is -1.57. The van der Waals surface area contributed by atoms with E-state index in [-0.39, 0.29) is 13.2 Å². The van der Waals surface area contributed by atoms with Gasteiger partial charge in [0, 0.05) is 0 Å². The highest BCUT2D eigenvalue weighted by Crippen LogP contribution is 1.91. The molecule has 16 heavy (non-hydrogen) atoms. The molecule has 2 amide bonds. The van der Waals surface area contributed by atoms with Gasteiger partial charge in [0.25, 0.3) is 0 Å². The minimum atomic E-state index is -0.784. The minimum Gasteiger partial charge on any atom is -0.394 e. The van der Waals surface area contributed by atoms with Gasteiger partial charge in [0.2, 0.25) is 0 Å². The Morgan fingerprint density at radius 3 is 1.44 bits per heavy atom. The largest absolute Gasteiger partial charge is 0.394 e. The second-order valence-corrected chi connectivity index (χ2v) is 3.52. The zero-order valence-corrected chi connectivity index (χ0v) is 9.69. The first-order chi connectivity index (χ1) is 7.58. The second-order valence-electron chi connectivity index (χ2n) is 3.52. The van der Waals surface area contributed by atoms with Gasteiger partial charge in [-0.2, -0.15) is 0 Å². The van der Waals surface area contributed by atoms with Crippen LogP contribution in [-0.4, -0.2) is 47.3 Å². The Morgan fingerprint density at radius 1 is 0.938 bits per heavy atom. The lowest BCUT2D eigenvalue weighted by Gasteiger charge is -2.16. The fourth-order valence-corrected chi connectivity index (χ4v) is 1.06. The summed E-state index contributed by atoms with van der Waals surface area (Å²) in [5.41, 5.74) is 0. The molecule has 2 atom stereocenters. The summed E-state index contributed by atoms with van der Waals surface area (Å²) in [6, 6.07) is -0.820. The van der Waals surface area contributed by atoms with Crippen molar-refractivity contribution < 1.29 is 19.8 Å². The van der Waals surface area contributed by atoms with E-state index >= 15 is 0 Å². The smallest absolute Gasteiger partial charge is 0.309 e. The number of nitrogens with one attached hydrogen (secondary N) is 2. The van der Waals surface area contributed by atoms with Gasteiger partial charge in [-0.05, 0) is 12.8 Å². The van der Waals surface area contributed by atoms with Crippen molar-refractivity contribution in [2.75, 3.05) is 13.2 Å². The van der Waals surface area contributed by atoms with Crippen LogP contribution in [0.5, 0.6) is 0 Å². The van der Waals surface area contributed by atoms with E-state index in [4.69, 9.17) is 10.2 Å². The van der Waals surface area contributed by atoms with Gasteiger partial charge in [-0.1, -0.05) is 13.8 Å². The molecule has 0 radical (unpaired) electrons. The van der Waals surface area contributed by atoms with Gasteiger partial charge < -0.3 is 20.8 Å². The molecule has 6 heteroatoms. The molecule has 4 N–H and O–H groups in total. The summed E-state index contributed by atoms with van der Waals surface area (Å²) in [6.45, 7) is 3.18. The highest BCUT2D eigenvalue weighted by Gasteiger charge is 2.19. The van der Waals surface area contributed by atoms with Gasteiger partial charge in [-0.25, -0.2) is 0 Å². The molecular formula is C10H20N2O4. The third kappa shape index (κ3) is 5.09. The maximum absolute atomic E-state index is 11.3. The average molecular weight is 232 g/mol.